The first-order chi connectivity index (χ1) is 7.66. The van der Waals surface area contributed by atoms with E-state index in [4.69, 9.17) is 0 Å². The van der Waals surface area contributed by atoms with E-state index in [-0.39, 0.29) is 0 Å². The fourth-order valence-corrected chi connectivity index (χ4v) is 2.67. The standard InChI is InChI=1S/C14H22N2/c1-11(2)10-16-8-4-5-14(16)13-6-7-15-12(3)9-13/h6-7,9,11,14H,4-5,8,10H2,1-3H3/t14-/m0/s1. The Morgan fingerprint density at radius 3 is 3.00 bits per heavy atom. The van der Waals surface area contributed by atoms with Crippen molar-refractivity contribution in [2.24, 2.45) is 5.92 Å². The Balaban J connectivity index is 2.13. The van der Waals surface area contributed by atoms with Crippen LogP contribution >= 0.6 is 0 Å². The molecule has 1 fully saturated rings. The summed E-state index contributed by atoms with van der Waals surface area (Å²) >= 11 is 0. The lowest BCUT2D eigenvalue weighted by Crippen LogP contribution is -2.27. The van der Waals surface area contributed by atoms with E-state index >= 15 is 0 Å². The van der Waals surface area contributed by atoms with E-state index in [0.29, 0.717) is 6.04 Å². The van der Waals surface area contributed by atoms with Gasteiger partial charge >= 0.3 is 0 Å². The van der Waals surface area contributed by atoms with Gasteiger partial charge in [0.2, 0.25) is 0 Å². The van der Waals surface area contributed by atoms with Crippen LogP contribution in [0.1, 0.15) is 44.0 Å². The van der Waals surface area contributed by atoms with Gasteiger partial charge in [0.15, 0.2) is 0 Å². The SMILES string of the molecule is Cc1cc([C@@H]2CCCN2CC(C)C)ccn1. The van der Waals surface area contributed by atoms with E-state index in [1.54, 1.807) is 0 Å². The lowest BCUT2D eigenvalue weighted by Gasteiger charge is -2.26. The van der Waals surface area contributed by atoms with Gasteiger partial charge in [-0.2, -0.15) is 0 Å². The molecule has 88 valence electrons. The van der Waals surface area contributed by atoms with Gasteiger partial charge in [-0.15, -0.1) is 0 Å². The van der Waals surface area contributed by atoms with Crippen molar-refractivity contribution >= 4 is 0 Å². The molecule has 0 saturated carbocycles. The van der Waals surface area contributed by atoms with Crippen molar-refractivity contribution in [3.8, 4) is 0 Å². The maximum atomic E-state index is 4.28. The van der Waals surface area contributed by atoms with Crippen molar-refractivity contribution in [3.63, 3.8) is 0 Å². The van der Waals surface area contributed by atoms with Crippen LogP contribution < -0.4 is 0 Å². The second-order valence-electron chi connectivity index (χ2n) is 5.28. The third-order valence-corrected chi connectivity index (χ3v) is 3.27. The average molecular weight is 218 g/mol. The molecule has 16 heavy (non-hydrogen) atoms. The summed E-state index contributed by atoms with van der Waals surface area (Å²) < 4.78 is 0. The highest BCUT2D eigenvalue weighted by Gasteiger charge is 2.26. The van der Waals surface area contributed by atoms with Crippen LogP contribution in [0.5, 0.6) is 0 Å². The number of pyridine rings is 1. The predicted molar refractivity (Wildman–Crippen MR) is 67.4 cm³/mol. The van der Waals surface area contributed by atoms with E-state index in [2.05, 4.69) is 42.8 Å². The highest BCUT2D eigenvalue weighted by Crippen LogP contribution is 2.32. The summed E-state index contributed by atoms with van der Waals surface area (Å²) in [5.41, 5.74) is 2.58. The first-order valence-electron chi connectivity index (χ1n) is 6.33. The van der Waals surface area contributed by atoms with Crippen molar-refractivity contribution < 1.29 is 0 Å². The highest BCUT2D eigenvalue weighted by molar-refractivity contribution is 5.20. The topological polar surface area (TPSA) is 16.1 Å². The van der Waals surface area contributed by atoms with Crippen LogP contribution in [0.4, 0.5) is 0 Å². The van der Waals surface area contributed by atoms with Gasteiger partial charge in [-0.3, -0.25) is 9.88 Å². The van der Waals surface area contributed by atoms with Gasteiger partial charge in [0.05, 0.1) is 0 Å². The molecule has 0 amide bonds. The Morgan fingerprint density at radius 1 is 1.50 bits per heavy atom. The normalized spacial score (nSPS) is 21.9. The zero-order valence-electron chi connectivity index (χ0n) is 10.6. The number of hydrogen-bond acceptors (Lipinski definition) is 2. The second-order valence-corrected chi connectivity index (χ2v) is 5.28. The number of rotatable bonds is 3. The third-order valence-electron chi connectivity index (χ3n) is 3.27. The minimum absolute atomic E-state index is 0.629. The number of aromatic nitrogens is 1. The first kappa shape index (κ1) is 11.6. The molecule has 0 spiro atoms. The van der Waals surface area contributed by atoms with Crippen molar-refractivity contribution in [1.82, 2.24) is 9.88 Å². The molecule has 0 aromatic carbocycles. The largest absolute Gasteiger partial charge is 0.296 e. The van der Waals surface area contributed by atoms with Crippen LogP contribution in [-0.2, 0) is 0 Å². The van der Waals surface area contributed by atoms with E-state index < -0.39 is 0 Å². The van der Waals surface area contributed by atoms with Gasteiger partial charge in [-0.1, -0.05) is 13.8 Å². The van der Waals surface area contributed by atoms with E-state index in [9.17, 15) is 0 Å². The van der Waals surface area contributed by atoms with Crippen LogP contribution in [0.3, 0.4) is 0 Å². The number of likely N-dealkylation sites (tertiary alicyclic amines) is 1. The summed E-state index contributed by atoms with van der Waals surface area (Å²) in [6.45, 7) is 9.14. The zero-order chi connectivity index (χ0) is 11.5. The first-order valence-corrected chi connectivity index (χ1v) is 6.33. The Kier molecular flexibility index (Phi) is 3.59. The Labute approximate surface area is 98.7 Å². The molecular formula is C14H22N2. The van der Waals surface area contributed by atoms with Crippen molar-refractivity contribution in [2.45, 2.75) is 39.7 Å². The molecule has 1 saturated heterocycles. The van der Waals surface area contributed by atoms with Crippen LogP contribution in [0.2, 0.25) is 0 Å². The predicted octanol–water partition coefficient (Wildman–Crippen LogP) is 3.18. The molecule has 0 aliphatic carbocycles. The van der Waals surface area contributed by atoms with E-state index in [1.165, 1.54) is 31.5 Å². The number of hydrogen-bond donors (Lipinski definition) is 0. The minimum Gasteiger partial charge on any atom is -0.296 e. The number of nitrogens with zero attached hydrogens (tertiary/aromatic N) is 2. The molecule has 2 nitrogen and oxygen atoms in total. The molecule has 1 aliphatic rings. The van der Waals surface area contributed by atoms with Crippen molar-refractivity contribution in [2.75, 3.05) is 13.1 Å². The van der Waals surface area contributed by atoms with Gasteiger partial charge in [-0.25, -0.2) is 0 Å². The van der Waals surface area contributed by atoms with Crippen LogP contribution in [-0.4, -0.2) is 23.0 Å². The maximum absolute atomic E-state index is 4.28. The highest BCUT2D eigenvalue weighted by atomic mass is 15.2. The summed E-state index contributed by atoms with van der Waals surface area (Å²) in [6, 6.07) is 5.05. The maximum Gasteiger partial charge on any atom is 0.0375 e. The van der Waals surface area contributed by atoms with Gasteiger partial charge in [0.1, 0.15) is 0 Å². The fourth-order valence-electron chi connectivity index (χ4n) is 2.67. The average Bonchev–Trinajstić information content (AvgIpc) is 2.65. The molecule has 2 heterocycles. The van der Waals surface area contributed by atoms with Crippen LogP contribution in [0.15, 0.2) is 18.3 Å². The van der Waals surface area contributed by atoms with Crippen molar-refractivity contribution in [3.05, 3.63) is 29.6 Å². The lowest BCUT2D eigenvalue weighted by molar-refractivity contribution is 0.229. The molecule has 1 aliphatic heterocycles. The summed E-state index contributed by atoms with van der Waals surface area (Å²) in [5.74, 6) is 0.753. The molecule has 2 rings (SSSR count). The molecule has 1 aromatic rings. The second kappa shape index (κ2) is 4.96. The summed E-state index contributed by atoms with van der Waals surface area (Å²) in [6.07, 6.45) is 4.57. The molecule has 1 aromatic heterocycles. The van der Waals surface area contributed by atoms with E-state index in [0.717, 1.165) is 11.6 Å². The minimum atomic E-state index is 0.629. The quantitative estimate of drug-likeness (QED) is 0.774. The molecule has 0 unspecified atom stereocenters. The fraction of sp³-hybridized carbons (Fsp3) is 0.643. The van der Waals surface area contributed by atoms with Crippen LogP contribution in [0.25, 0.3) is 0 Å². The summed E-state index contributed by atoms with van der Waals surface area (Å²) in [4.78, 5) is 6.90. The summed E-state index contributed by atoms with van der Waals surface area (Å²) in [5, 5.41) is 0. The zero-order valence-corrected chi connectivity index (χ0v) is 10.6. The Hall–Kier alpha value is -0.890. The Bertz CT molecular complexity index is 346. The lowest BCUT2D eigenvalue weighted by atomic mass is 10.0. The van der Waals surface area contributed by atoms with Gasteiger partial charge in [0.25, 0.3) is 0 Å². The Morgan fingerprint density at radius 2 is 2.31 bits per heavy atom. The molecule has 0 bridgehead atoms. The van der Waals surface area contributed by atoms with Gasteiger partial charge < -0.3 is 0 Å². The molecule has 2 heteroatoms. The van der Waals surface area contributed by atoms with E-state index in [1.807, 2.05) is 6.20 Å². The third kappa shape index (κ3) is 2.62. The summed E-state index contributed by atoms with van der Waals surface area (Å²) in [7, 11) is 0. The van der Waals surface area contributed by atoms with Crippen molar-refractivity contribution in [1.29, 1.82) is 0 Å². The molecule has 0 N–H and O–H groups in total. The molecular weight excluding hydrogens is 196 g/mol. The van der Waals surface area contributed by atoms with Gasteiger partial charge in [-0.05, 0) is 49.9 Å². The number of aryl methyl sites for hydroxylation is 1. The smallest absolute Gasteiger partial charge is 0.0375 e. The van der Waals surface area contributed by atoms with Crippen LogP contribution in [0, 0.1) is 12.8 Å². The van der Waals surface area contributed by atoms with Gasteiger partial charge in [0, 0.05) is 24.5 Å². The monoisotopic (exact) mass is 218 g/mol. The molecule has 0 radical (unpaired) electrons. The molecule has 1 atom stereocenters.